The molecule has 0 aliphatic heterocycles. The second-order valence-electron chi connectivity index (χ2n) is 6.20. The molecule has 110 valence electrons. The zero-order chi connectivity index (χ0) is 14.5. The average Bonchev–Trinajstić information content (AvgIpc) is 2.95. The van der Waals surface area contributed by atoms with Crippen LogP contribution < -0.4 is 5.32 Å². The molecule has 3 rings (SSSR count). The van der Waals surface area contributed by atoms with Crippen LogP contribution in [-0.2, 0) is 0 Å². The minimum atomic E-state index is 0.266. The summed E-state index contributed by atoms with van der Waals surface area (Å²) >= 11 is 0. The fraction of sp³-hybridized carbons (Fsp3) is 0.421. The monoisotopic (exact) mass is 280 g/mol. The minimum absolute atomic E-state index is 0.266. The molecule has 3 unspecified atom stereocenters. The van der Waals surface area contributed by atoms with Gasteiger partial charge in [0.25, 0.3) is 0 Å². The van der Waals surface area contributed by atoms with Crippen molar-refractivity contribution in [1.82, 2.24) is 10.3 Å². The van der Waals surface area contributed by atoms with Gasteiger partial charge in [0.05, 0.1) is 6.04 Å². The predicted octanol–water partition coefficient (Wildman–Crippen LogP) is 4.20. The molecule has 2 nitrogen and oxygen atoms in total. The van der Waals surface area contributed by atoms with Gasteiger partial charge in [-0.25, -0.2) is 0 Å². The van der Waals surface area contributed by atoms with Crippen LogP contribution in [0.3, 0.4) is 0 Å². The summed E-state index contributed by atoms with van der Waals surface area (Å²) in [5.41, 5.74) is 2.62. The van der Waals surface area contributed by atoms with E-state index in [1.165, 1.54) is 30.4 Å². The molecule has 2 heteroatoms. The maximum absolute atomic E-state index is 4.14. The van der Waals surface area contributed by atoms with E-state index in [9.17, 15) is 0 Å². The Kier molecular flexibility index (Phi) is 4.66. The topological polar surface area (TPSA) is 24.9 Å². The van der Waals surface area contributed by atoms with Gasteiger partial charge in [0.1, 0.15) is 0 Å². The molecule has 0 spiro atoms. The Labute approximate surface area is 127 Å². The Morgan fingerprint density at radius 1 is 1.05 bits per heavy atom. The lowest BCUT2D eigenvalue weighted by Crippen LogP contribution is -2.29. The van der Waals surface area contributed by atoms with Gasteiger partial charge >= 0.3 is 0 Å². The number of hydrogen-bond donors (Lipinski definition) is 1. The molecule has 1 aromatic carbocycles. The van der Waals surface area contributed by atoms with Crippen molar-refractivity contribution in [3.05, 3.63) is 66.0 Å². The van der Waals surface area contributed by atoms with E-state index in [0.717, 1.165) is 18.4 Å². The van der Waals surface area contributed by atoms with Gasteiger partial charge < -0.3 is 5.32 Å². The number of nitrogens with zero attached hydrogens (tertiary/aromatic N) is 1. The van der Waals surface area contributed by atoms with Crippen molar-refractivity contribution in [3.63, 3.8) is 0 Å². The fourth-order valence-corrected chi connectivity index (χ4v) is 3.42. The lowest BCUT2D eigenvalue weighted by molar-refractivity contribution is 0.380. The molecule has 1 fully saturated rings. The van der Waals surface area contributed by atoms with E-state index < -0.39 is 0 Å². The largest absolute Gasteiger partial charge is 0.306 e. The maximum Gasteiger partial charge on any atom is 0.0577 e. The second-order valence-corrected chi connectivity index (χ2v) is 6.20. The van der Waals surface area contributed by atoms with Crippen LogP contribution in [0, 0.1) is 11.8 Å². The summed E-state index contributed by atoms with van der Waals surface area (Å²) < 4.78 is 0. The van der Waals surface area contributed by atoms with E-state index >= 15 is 0 Å². The van der Waals surface area contributed by atoms with Crippen LogP contribution in [-0.4, -0.2) is 11.5 Å². The molecule has 0 bridgehead atoms. The minimum Gasteiger partial charge on any atom is -0.306 e. The number of benzene rings is 1. The molecule has 0 saturated heterocycles. The number of aromatic nitrogens is 1. The zero-order valence-corrected chi connectivity index (χ0v) is 12.7. The molecule has 1 aromatic heterocycles. The molecule has 1 aliphatic rings. The first kappa shape index (κ1) is 14.3. The zero-order valence-electron chi connectivity index (χ0n) is 12.7. The van der Waals surface area contributed by atoms with E-state index in [0.29, 0.717) is 0 Å². The molecule has 0 radical (unpaired) electrons. The van der Waals surface area contributed by atoms with Crippen molar-refractivity contribution in [3.8, 4) is 0 Å². The molecule has 3 atom stereocenters. The summed E-state index contributed by atoms with van der Waals surface area (Å²) in [6, 6.07) is 15.2. The normalized spacial score (nSPS) is 23.1. The van der Waals surface area contributed by atoms with Crippen molar-refractivity contribution in [1.29, 1.82) is 0 Å². The maximum atomic E-state index is 4.14. The molecular weight excluding hydrogens is 256 g/mol. The number of rotatable bonds is 5. The molecule has 1 heterocycles. The van der Waals surface area contributed by atoms with Crippen molar-refractivity contribution in [2.75, 3.05) is 6.54 Å². The first-order chi connectivity index (χ1) is 10.3. The van der Waals surface area contributed by atoms with Crippen LogP contribution >= 0.6 is 0 Å². The quantitative estimate of drug-likeness (QED) is 0.888. The van der Waals surface area contributed by atoms with Crippen molar-refractivity contribution in [2.24, 2.45) is 11.8 Å². The van der Waals surface area contributed by atoms with Gasteiger partial charge in [0.2, 0.25) is 0 Å². The van der Waals surface area contributed by atoms with Gasteiger partial charge in [-0.3, -0.25) is 4.98 Å². The van der Waals surface area contributed by atoms with Crippen LogP contribution in [0.15, 0.2) is 54.9 Å². The van der Waals surface area contributed by atoms with Gasteiger partial charge in [0.15, 0.2) is 0 Å². The molecule has 2 aromatic rings. The smallest absolute Gasteiger partial charge is 0.0577 e. The van der Waals surface area contributed by atoms with E-state index in [1.54, 1.807) is 0 Å². The van der Waals surface area contributed by atoms with Crippen LogP contribution in [0.25, 0.3) is 0 Å². The van der Waals surface area contributed by atoms with Gasteiger partial charge in [-0.15, -0.1) is 0 Å². The molecule has 21 heavy (non-hydrogen) atoms. The van der Waals surface area contributed by atoms with Crippen molar-refractivity contribution in [2.45, 2.75) is 32.2 Å². The van der Waals surface area contributed by atoms with Gasteiger partial charge in [-0.2, -0.15) is 0 Å². The van der Waals surface area contributed by atoms with Crippen LogP contribution in [0.5, 0.6) is 0 Å². The molecule has 1 N–H and O–H groups in total. The Morgan fingerprint density at radius 3 is 2.43 bits per heavy atom. The SMILES string of the molecule is CC1CCCC1CNC(c1ccccc1)c1ccncc1. The van der Waals surface area contributed by atoms with Gasteiger partial charge in [-0.1, -0.05) is 50.1 Å². The molecule has 0 amide bonds. The number of nitrogens with one attached hydrogen (secondary N) is 1. The Balaban J connectivity index is 1.76. The lowest BCUT2D eigenvalue weighted by Gasteiger charge is -2.23. The highest BCUT2D eigenvalue weighted by Gasteiger charge is 2.24. The van der Waals surface area contributed by atoms with Crippen molar-refractivity contribution >= 4 is 0 Å². The molecule has 1 saturated carbocycles. The highest BCUT2D eigenvalue weighted by Crippen LogP contribution is 2.31. The summed E-state index contributed by atoms with van der Waals surface area (Å²) in [4.78, 5) is 4.14. The van der Waals surface area contributed by atoms with Crippen LogP contribution in [0.1, 0.15) is 43.4 Å². The summed E-state index contributed by atoms with van der Waals surface area (Å²) in [6.45, 7) is 3.49. The van der Waals surface area contributed by atoms with Gasteiger partial charge in [0, 0.05) is 12.4 Å². The summed E-state index contributed by atoms with van der Waals surface area (Å²) in [5, 5.41) is 3.80. The fourth-order valence-electron chi connectivity index (χ4n) is 3.42. The van der Waals surface area contributed by atoms with E-state index in [4.69, 9.17) is 0 Å². The second kappa shape index (κ2) is 6.86. The molecular formula is C19H24N2. The van der Waals surface area contributed by atoms with Gasteiger partial charge in [-0.05, 0) is 48.1 Å². The lowest BCUT2D eigenvalue weighted by atomic mass is 9.95. The standard InChI is InChI=1S/C19H24N2/c1-15-6-5-9-18(15)14-21-19(16-7-3-2-4-8-16)17-10-12-20-13-11-17/h2-4,7-8,10-13,15,18-19,21H,5-6,9,14H2,1H3. The average molecular weight is 280 g/mol. The van der Waals surface area contributed by atoms with E-state index in [-0.39, 0.29) is 6.04 Å². The summed E-state index contributed by atoms with van der Waals surface area (Å²) in [7, 11) is 0. The number of hydrogen-bond acceptors (Lipinski definition) is 2. The first-order valence-corrected chi connectivity index (χ1v) is 8.03. The third-order valence-corrected chi connectivity index (χ3v) is 4.80. The number of pyridine rings is 1. The van der Waals surface area contributed by atoms with Crippen LogP contribution in [0.2, 0.25) is 0 Å². The van der Waals surface area contributed by atoms with E-state index in [1.807, 2.05) is 12.4 Å². The third kappa shape index (κ3) is 3.51. The highest BCUT2D eigenvalue weighted by molar-refractivity contribution is 5.30. The Hall–Kier alpha value is -1.67. The van der Waals surface area contributed by atoms with Crippen LogP contribution in [0.4, 0.5) is 0 Å². The first-order valence-electron chi connectivity index (χ1n) is 8.03. The Morgan fingerprint density at radius 2 is 1.76 bits per heavy atom. The Bertz CT molecular complexity index is 499. The summed E-state index contributed by atoms with van der Waals surface area (Å²) in [6.07, 6.45) is 7.90. The van der Waals surface area contributed by atoms with E-state index in [2.05, 4.69) is 59.7 Å². The predicted molar refractivity (Wildman–Crippen MR) is 87.0 cm³/mol. The molecule has 1 aliphatic carbocycles. The third-order valence-electron chi connectivity index (χ3n) is 4.80. The van der Waals surface area contributed by atoms with Crippen molar-refractivity contribution < 1.29 is 0 Å². The highest BCUT2D eigenvalue weighted by atomic mass is 14.9. The summed E-state index contributed by atoms with van der Waals surface area (Å²) in [5.74, 6) is 1.67.